The Labute approximate surface area is 65.2 Å². The van der Waals surface area contributed by atoms with E-state index in [-0.39, 0.29) is 6.42 Å². The highest BCUT2D eigenvalue weighted by atomic mass is 16.5. The Bertz CT molecular complexity index is 87.0. The minimum atomic E-state index is -1.22. The van der Waals surface area contributed by atoms with Crippen LogP contribution in [0, 0.1) is 0 Å². The average Bonchev–Trinajstić information content (AvgIpc) is 1.82. The second kappa shape index (κ2) is 9.35. The summed E-state index contributed by atoms with van der Waals surface area (Å²) in [6.07, 6.45) is -0.934. The second-order valence-electron chi connectivity index (χ2n) is 1.75. The van der Waals surface area contributed by atoms with Gasteiger partial charge in [-0.3, -0.25) is 0 Å². The van der Waals surface area contributed by atoms with Crippen LogP contribution in [0.15, 0.2) is 0 Å². The number of hydrogen-bond donors (Lipinski definition) is 2. The van der Waals surface area contributed by atoms with E-state index in [9.17, 15) is 0 Å². The molecule has 0 aliphatic carbocycles. The van der Waals surface area contributed by atoms with Crippen molar-refractivity contribution in [3.63, 3.8) is 0 Å². The maximum Gasteiger partial charge on any atom is 0.153 e. The third kappa shape index (κ3) is 45.0. The van der Waals surface area contributed by atoms with Gasteiger partial charge < -0.3 is 24.9 Å². The van der Waals surface area contributed by atoms with E-state index in [0.717, 1.165) is 6.92 Å². The van der Waals surface area contributed by atoms with E-state index in [1.54, 1.807) is 0 Å². The second-order valence-corrected chi connectivity index (χ2v) is 1.75. The average molecular weight is 165 g/mol. The van der Waals surface area contributed by atoms with Crippen LogP contribution in [-0.4, -0.2) is 36.2 Å². The van der Waals surface area contributed by atoms with E-state index >= 15 is 0 Å². The number of carbonyl (C=O) groups excluding carboxylic acids is 1. The Hall–Kier alpha value is -0.650. The predicted octanol–water partition coefficient (Wildman–Crippen LogP) is -1.91. The van der Waals surface area contributed by atoms with Crippen molar-refractivity contribution in [3.8, 4) is 0 Å². The van der Waals surface area contributed by atoms with Crippen LogP contribution in [0.5, 0.6) is 0 Å². The van der Waals surface area contributed by atoms with E-state index in [0.29, 0.717) is 6.61 Å². The van der Waals surface area contributed by atoms with Crippen molar-refractivity contribution < 1.29 is 24.9 Å². The van der Waals surface area contributed by atoms with Gasteiger partial charge in [-0.25, -0.2) is 0 Å². The molecule has 5 nitrogen and oxygen atoms in total. The maximum atomic E-state index is 8.89. The number of carbonyl (C=O) groups is 1. The van der Waals surface area contributed by atoms with Crippen molar-refractivity contribution in [3.05, 3.63) is 0 Å². The fourth-order valence-corrected chi connectivity index (χ4v) is 0.223. The minimum absolute atomic E-state index is 0.288. The summed E-state index contributed by atoms with van der Waals surface area (Å²) in [6, 6.07) is 0. The van der Waals surface area contributed by atoms with Gasteiger partial charge >= 0.3 is 0 Å². The van der Waals surface area contributed by atoms with Gasteiger partial charge in [-0.2, -0.15) is 0 Å². The summed E-state index contributed by atoms with van der Waals surface area (Å²) in [7, 11) is 1.52. The summed E-state index contributed by atoms with van der Waals surface area (Å²) >= 11 is 0. The minimum Gasteiger partial charge on any atom is -0.550 e. The summed E-state index contributed by atoms with van der Waals surface area (Å²) in [5.41, 5.74) is 0. The van der Waals surface area contributed by atoms with Crippen molar-refractivity contribution in [1.82, 2.24) is 0 Å². The Morgan fingerprint density at radius 1 is 1.64 bits per heavy atom. The monoisotopic (exact) mass is 165 g/mol. The molecule has 0 aromatic carbocycles. The Morgan fingerprint density at radius 2 is 2.00 bits per heavy atom. The van der Waals surface area contributed by atoms with E-state index < -0.39 is 12.3 Å². The molecule has 0 amide bonds. The first-order chi connectivity index (χ1) is 5.00. The molecule has 11 heavy (non-hydrogen) atoms. The highest BCUT2D eigenvalue weighted by Crippen LogP contribution is 1.83. The SMILES string of the molecule is CC(=O)[O-].COCCC(O)O. The third-order valence-corrected chi connectivity index (χ3v) is 0.580. The molecule has 0 heterocycles. The fraction of sp³-hybridized carbons (Fsp3) is 0.833. The van der Waals surface area contributed by atoms with Crippen molar-refractivity contribution in [2.24, 2.45) is 0 Å². The molecule has 68 valence electrons. The fourth-order valence-electron chi connectivity index (χ4n) is 0.223. The van der Waals surface area contributed by atoms with Gasteiger partial charge in [0, 0.05) is 19.5 Å². The number of aliphatic carboxylic acids is 1. The van der Waals surface area contributed by atoms with Crippen LogP contribution < -0.4 is 5.11 Å². The molecule has 0 radical (unpaired) electrons. The maximum absolute atomic E-state index is 8.89. The standard InChI is InChI=1S/C4H10O3.C2H4O2/c1-7-3-2-4(5)6;1-2(3)4/h4-6H,2-3H2,1H3;1H3,(H,3,4)/p-1. The van der Waals surface area contributed by atoms with Gasteiger partial charge in [-0.05, 0) is 6.92 Å². The van der Waals surface area contributed by atoms with E-state index in [2.05, 4.69) is 4.74 Å². The van der Waals surface area contributed by atoms with E-state index in [1.807, 2.05) is 0 Å². The van der Waals surface area contributed by atoms with E-state index in [4.69, 9.17) is 20.1 Å². The van der Waals surface area contributed by atoms with Gasteiger partial charge in [0.25, 0.3) is 0 Å². The summed E-state index contributed by atoms with van der Waals surface area (Å²) < 4.78 is 4.53. The molecule has 0 fully saturated rings. The number of hydrogen-bond acceptors (Lipinski definition) is 5. The Balaban J connectivity index is 0. The van der Waals surface area contributed by atoms with Crippen molar-refractivity contribution >= 4 is 5.97 Å². The largest absolute Gasteiger partial charge is 0.550 e. The number of aliphatic hydroxyl groups is 2. The van der Waals surface area contributed by atoms with Gasteiger partial charge in [0.05, 0.1) is 6.61 Å². The number of ether oxygens (including phenoxy) is 1. The molecule has 0 unspecified atom stereocenters. The van der Waals surface area contributed by atoms with Crippen LogP contribution in [0.1, 0.15) is 13.3 Å². The number of carboxylic acid groups (broad SMARTS) is 1. The van der Waals surface area contributed by atoms with Crippen LogP contribution in [0.4, 0.5) is 0 Å². The molecule has 0 saturated carbocycles. The molecule has 0 bridgehead atoms. The van der Waals surface area contributed by atoms with Crippen LogP contribution in [0.3, 0.4) is 0 Å². The van der Waals surface area contributed by atoms with Gasteiger partial charge in [-0.1, -0.05) is 0 Å². The normalized spacial score (nSPS) is 8.82. The molecule has 0 aromatic heterocycles. The molecule has 0 atom stereocenters. The quantitative estimate of drug-likeness (QED) is 0.476. The zero-order valence-electron chi connectivity index (χ0n) is 6.61. The first-order valence-corrected chi connectivity index (χ1v) is 3.03. The number of rotatable bonds is 3. The van der Waals surface area contributed by atoms with Crippen molar-refractivity contribution in [2.45, 2.75) is 19.6 Å². The zero-order chi connectivity index (χ0) is 9.28. The van der Waals surface area contributed by atoms with Crippen molar-refractivity contribution in [2.75, 3.05) is 13.7 Å². The summed E-state index contributed by atoms with van der Waals surface area (Å²) in [5, 5.41) is 25.2. The van der Waals surface area contributed by atoms with Crippen LogP contribution in [0.25, 0.3) is 0 Å². The number of carboxylic acids is 1. The van der Waals surface area contributed by atoms with Gasteiger partial charge in [-0.15, -0.1) is 0 Å². The molecule has 0 saturated heterocycles. The highest BCUT2D eigenvalue weighted by Gasteiger charge is 1.92. The molecule has 0 rings (SSSR count). The summed E-state index contributed by atoms with van der Waals surface area (Å²) in [4.78, 5) is 8.89. The molecule has 0 aromatic rings. The Kier molecular flexibility index (Phi) is 11.0. The molecule has 0 aliphatic heterocycles. The first-order valence-electron chi connectivity index (χ1n) is 3.03. The lowest BCUT2D eigenvalue weighted by molar-refractivity contribution is -0.302. The lowest BCUT2D eigenvalue weighted by Gasteiger charge is -1.98. The lowest BCUT2D eigenvalue weighted by atomic mass is 10.4. The topological polar surface area (TPSA) is 89.8 Å². The number of methoxy groups -OCH3 is 1. The molecule has 2 N–H and O–H groups in total. The van der Waals surface area contributed by atoms with Gasteiger partial charge in [0.15, 0.2) is 6.29 Å². The molecular formula is C6H13O5-. The van der Waals surface area contributed by atoms with Crippen LogP contribution in [-0.2, 0) is 9.53 Å². The van der Waals surface area contributed by atoms with Crippen LogP contribution >= 0.6 is 0 Å². The van der Waals surface area contributed by atoms with Crippen molar-refractivity contribution in [1.29, 1.82) is 0 Å². The molecule has 0 spiro atoms. The van der Waals surface area contributed by atoms with Gasteiger partial charge in [0.2, 0.25) is 0 Å². The highest BCUT2D eigenvalue weighted by molar-refractivity contribution is 5.60. The lowest BCUT2D eigenvalue weighted by Crippen LogP contribution is -2.16. The first kappa shape index (κ1) is 13.0. The summed E-state index contributed by atoms with van der Waals surface area (Å²) in [5.74, 6) is -1.08. The third-order valence-electron chi connectivity index (χ3n) is 0.580. The number of aliphatic hydroxyl groups excluding tert-OH is 1. The smallest absolute Gasteiger partial charge is 0.153 e. The molecular weight excluding hydrogens is 152 g/mol. The molecule has 0 aliphatic rings. The van der Waals surface area contributed by atoms with E-state index in [1.165, 1.54) is 7.11 Å². The predicted molar refractivity (Wildman–Crippen MR) is 35.4 cm³/mol. The van der Waals surface area contributed by atoms with Gasteiger partial charge in [0.1, 0.15) is 0 Å². The van der Waals surface area contributed by atoms with Crippen LogP contribution in [0.2, 0.25) is 0 Å². The molecule has 5 heteroatoms. The Morgan fingerprint density at radius 3 is 2.09 bits per heavy atom. The zero-order valence-corrected chi connectivity index (χ0v) is 6.61. The summed E-state index contributed by atoms with van der Waals surface area (Å²) in [6.45, 7) is 1.37.